The second-order valence-electron chi connectivity index (χ2n) is 10.8. The normalized spacial score (nSPS) is 20.2. The fourth-order valence-corrected chi connectivity index (χ4v) is 5.16. The monoisotopic (exact) mass is 530 g/mol. The third-order valence-corrected chi connectivity index (χ3v) is 7.42. The van der Waals surface area contributed by atoms with E-state index in [4.69, 9.17) is 10.5 Å². The molecule has 0 bridgehead atoms. The number of halogens is 2. The van der Waals surface area contributed by atoms with Gasteiger partial charge in [-0.25, -0.2) is 14.4 Å². The molecule has 6 rings (SSSR count). The molecule has 200 valence electrons. The van der Waals surface area contributed by atoms with E-state index in [1.165, 1.54) is 22.9 Å². The number of likely N-dealkylation sites (tertiary alicyclic amines) is 1. The maximum atomic E-state index is 13.6. The van der Waals surface area contributed by atoms with E-state index in [0.717, 1.165) is 11.1 Å². The number of aromatic nitrogens is 4. The number of hydrogen-bond acceptors (Lipinski definition) is 6. The number of nitrogens with two attached hydrogens (primary N) is 1. The Kier molecular flexibility index (Phi) is 5.95. The van der Waals surface area contributed by atoms with Gasteiger partial charge in [0.05, 0.1) is 11.4 Å². The molecule has 1 saturated heterocycles. The standard InChI is InChI=1S/C29H28F2N6O2/c1-29(2,32)17-11-22(16-7-9-18(30)10-8-16)34-26(12-17)39-27-19-14-37(15-20(19)27)28(38)24-13-23(35-36(24)3)21-5-4-6-25(31)33-21/h4-13,19-20,27H,14-15,32H2,1-3H3/t19-,20+,27-. The van der Waals surface area contributed by atoms with Crippen molar-refractivity contribution in [2.75, 3.05) is 13.1 Å². The summed E-state index contributed by atoms with van der Waals surface area (Å²) in [7, 11) is 1.69. The minimum Gasteiger partial charge on any atom is -0.474 e. The maximum absolute atomic E-state index is 13.6. The molecule has 0 unspecified atom stereocenters. The molecule has 1 saturated carbocycles. The Labute approximate surface area is 224 Å². The molecule has 4 heterocycles. The van der Waals surface area contributed by atoms with Crippen molar-refractivity contribution in [1.29, 1.82) is 0 Å². The zero-order chi connectivity index (χ0) is 27.5. The van der Waals surface area contributed by atoms with Crippen LogP contribution in [-0.2, 0) is 12.6 Å². The van der Waals surface area contributed by atoms with Crippen molar-refractivity contribution in [3.8, 4) is 28.5 Å². The predicted molar refractivity (Wildman–Crippen MR) is 141 cm³/mol. The lowest BCUT2D eigenvalue weighted by Crippen LogP contribution is -2.34. The van der Waals surface area contributed by atoms with Crippen LogP contribution < -0.4 is 10.5 Å². The van der Waals surface area contributed by atoms with E-state index in [-0.39, 0.29) is 29.7 Å². The number of fused-ring (bicyclic) bond motifs is 1. The van der Waals surface area contributed by atoms with Crippen LogP contribution in [0.25, 0.3) is 22.6 Å². The van der Waals surface area contributed by atoms with Crippen LogP contribution in [0.3, 0.4) is 0 Å². The zero-order valence-electron chi connectivity index (χ0n) is 21.8. The summed E-state index contributed by atoms with van der Waals surface area (Å²) in [5.41, 5.74) is 9.27. The predicted octanol–water partition coefficient (Wildman–Crippen LogP) is 4.17. The Morgan fingerprint density at radius 3 is 2.36 bits per heavy atom. The van der Waals surface area contributed by atoms with Gasteiger partial charge in [-0.15, -0.1) is 0 Å². The molecule has 3 aromatic heterocycles. The summed E-state index contributed by atoms with van der Waals surface area (Å²) in [6.45, 7) is 4.92. The third kappa shape index (κ3) is 4.87. The van der Waals surface area contributed by atoms with E-state index in [1.54, 1.807) is 42.3 Å². The minimum absolute atomic E-state index is 0.0580. The van der Waals surface area contributed by atoms with E-state index in [0.29, 0.717) is 41.7 Å². The average Bonchev–Trinajstić information content (AvgIpc) is 3.21. The van der Waals surface area contributed by atoms with Crippen molar-refractivity contribution in [3.05, 3.63) is 83.7 Å². The summed E-state index contributed by atoms with van der Waals surface area (Å²) in [6.07, 6.45) is -0.0580. The van der Waals surface area contributed by atoms with E-state index < -0.39 is 11.5 Å². The van der Waals surface area contributed by atoms with Crippen LogP contribution in [0.1, 0.15) is 29.9 Å². The highest BCUT2D eigenvalue weighted by Gasteiger charge is 2.59. The number of piperidine rings is 1. The smallest absolute Gasteiger partial charge is 0.272 e. The van der Waals surface area contributed by atoms with Gasteiger partial charge >= 0.3 is 0 Å². The Hall–Kier alpha value is -4.18. The van der Waals surface area contributed by atoms with Gasteiger partial charge < -0.3 is 15.4 Å². The van der Waals surface area contributed by atoms with Crippen LogP contribution in [0.2, 0.25) is 0 Å². The molecule has 1 aliphatic heterocycles. The van der Waals surface area contributed by atoms with Gasteiger partial charge in [0.15, 0.2) is 0 Å². The molecule has 0 radical (unpaired) electrons. The fourth-order valence-electron chi connectivity index (χ4n) is 5.16. The number of ether oxygens (including phenoxy) is 1. The molecule has 4 aromatic rings. The van der Waals surface area contributed by atoms with Crippen molar-refractivity contribution in [3.63, 3.8) is 0 Å². The van der Waals surface area contributed by atoms with Crippen molar-refractivity contribution >= 4 is 5.91 Å². The van der Waals surface area contributed by atoms with Crippen LogP contribution in [0.5, 0.6) is 5.88 Å². The lowest BCUT2D eigenvalue weighted by atomic mass is 9.95. The van der Waals surface area contributed by atoms with Gasteiger partial charge in [-0.3, -0.25) is 9.48 Å². The Morgan fingerprint density at radius 1 is 0.974 bits per heavy atom. The average molecular weight is 531 g/mol. The number of hydrogen-bond donors (Lipinski definition) is 1. The highest BCUT2D eigenvalue weighted by molar-refractivity contribution is 5.94. The van der Waals surface area contributed by atoms with Crippen LogP contribution in [0.15, 0.2) is 60.7 Å². The second-order valence-corrected chi connectivity index (χ2v) is 10.8. The van der Waals surface area contributed by atoms with Gasteiger partial charge in [-0.2, -0.15) is 9.49 Å². The summed E-state index contributed by atoms with van der Waals surface area (Å²) in [4.78, 5) is 23.6. The second kappa shape index (κ2) is 9.23. The molecular formula is C29H28F2N6O2. The molecule has 2 aliphatic rings. The number of rotatable bonds is 6. The molecule has 8 nitrogen and oxygen atoms in total. The number of benzene rings is 1. The zero-order valence-corrected chi connectivity index (χ0v) is 21.8. The number of pyridine rings is 2. The molecule has 10 heteroatoms. The van der Waals surface area contributed by atoms with Crippen LogP contribution in [-0.4, -0.2) is 49.7 Å². The number of carbonyl (C=O) groups is 1. The summed E-state index contributed by atoms with van der Waals surface area (Å²) < 4.78 is 34.8. The quantitative estimate of drug-likeness (QED) is 0.376. The third-order valence-electron chi connectivity index (χ3n) is 7.42. The topological polar surface area (TPSA) is 99.2 Å². The van der Waals surface area contributed by atoms with Gasteiger partial charge in [0.25, 0.3) is 5.91 Å². The van der Waals surface area contributed by atoms with Crippen molar-refractivity contribution in [2.45, 2.75) is 25.5 Å². The Balaban J connectivity index is 1.16. The molecular weight excluding hydrogens is 502 g/mol. The number of aryl methyl sites for hydroxylation is 1. The number of nitrogens with zero attached hydrogens (tertiary/aromatic N) is 5. The first-order valence-electron chi connectivity index (χ1n) is 12.8. The van der Waals surface area contributed by atoms with Crippen LogP contribution in [0, 0.1) is 23.6 Å². The molecule has 39 heavy (non-hydrogen) atoms. The maximum Gasteiger partial charge on any atom is 0.272 e. The molecule has 2 N–H and O–H groups in total. The Bertz CT molecular complexity index is 1550. The first-order chi connectivity index (χ1) is 18.6. The summed E-state index contributed by atoms with van der Waals surface area (Å²) in [5, 5.41) is 4.36. The molecule has 0 spiro atoms. The number of amides is 1. The first kappa shape index (κ1) is 25.1. The summed E-state index contributed by atoms with van der Waals surface area (Å²) in [5.74, 6) is -0.210. The minimum atomic E-state index is -0.624. The SMILES string of the molecule is Cn1nc(-c2cccc(F)n2)cc1C(=O)N1C[C@@H]2[C@H](C1)[C@@H]2Oc1cc(C(C)(C)N)cc(-c2ccc(F)cc2)n1. The molecule has 1 amide bonds. The molecule has 1 aromatic carbocycles. The van der Waals surface area contributed by atoms with E-state index in [9.17, 15) is 13.6 Å². The van der Waals surface area contributed by atoms with Gasteiger partial charge in [0, 0.05) is 49.1 Å². The van der Waals surface area contributed by atoms with Crippen LogP contribution in [0.4, 0.5) is 8.78 Å². The van der Waals surface area contributed by atoms with Crippen LogP contribution >= 0.6 is 0 Å². The van der Waals surface area contributed by atoms with Gasteiger partial charge in [-0.1, -0.05) is 6.07 Å². The van der Waals surface area contributed by atoms with Gasteiger partial charge in [-0.05, 0) is 67.9 Å². The first-order valence-corrected chi connectivity index (χ1v) is 12.8. The van der Waals surface area contributed by atoms with Gasteiger partial charge in [0.1, 0.15) is 23.3 Å². The highest BCUT2D eigenvalue weighted by atomic mass is 19.1. The molecule has 1 aliphatic carbocycles. The molecule has 3 atom stereocenters. The van der Waals surface area contributed by atoms with Crippen molar-refractivity contribution < 1.29 is 18.3 Å². The molecule has 2 fully saturated rings. The number of carbonyl (C=O) groups excluding carboxylic acids is 1. The largest absolute Gasteiger partial charge is 0.474 e. The lowest BCUT2D eigenvalue weighted by Gasteiger charge is -2.22. The van der Waals surface area contributed by atoms with E-state index in [1.807, 2.05) is 26.0 Å². The van der Waals surface area contributed by atoms with E-state index >= 15 is 0 Å². The summed E-state index contributed by atoms with van der Waals surface area (Å²) in [6, 6.07) is 16.0. The summed E-state index contributed by atoms with van der Waals surface area (Å²) >= 11 is 0. The van der Waals surface area contributed by atoms with Crippen molar-refractivity contribution in [2.24, 2.45) is 24.6 Å². The lowest BCUT2D eigenvalue weighted by molar-refractivity contribution is 0.0740. The fraction of sp³-hybridized carbons (Fsp3) is 0.310. The Morgan fingerprint density at radius 2 is 1.69 bits per heavy atom. The van der Waals surface area contributed by atoms with E-state index in [2.05, 4.69) is 15.1 Å². The van der Waals surface area contributed by atoms with Gasteiger partial charge in [0.2, 0.25) is 11.8 Å². The van der Waals surface area contributed by atoms with Crippen molar-refractivity contribution in [1.82, 2.24) is 24.6 Å². The highest BCUT2D eigenvalue weighted by Crippen LogP contribution is 2.48.